The van der Waals surface area contributed by atoms with E-state index < -0.39 is 0 Å². The van der Waals surface area contributed by atoms with Gasteiger partial charge in [0.2, 0.25) is 5.56 Å². The van der Waals surface area contributed by atoms with Crippen LogP contribution in [0.1, 0.15) is 48.6 Å². The summed E-state index contributed by atoms with van der Waals surface area (Å²) in [6.07, 6.45) is 3.94. The molecule has 0 aliphatic rings. The smallest absolute Gasteiger partial charge is 0.248 e. The second-order valence-corrected chi connectivity index (χ2v) is 8.01. The first kappa shape index (κ1) is 21.9. The molecule has 158 valence electrons. The summed E-state index contributed by atoms with van der Waals surface area (Å²) in [5.74, 6) is 0. The molecule has 0 radical (unpaired) electrons. The summed E-state index contributed by atoms with van der Waals surface area (Å²) in [7, 11) is 0. The average molecular weight is 406 g/mol. The number of hydrogen-bond acceptors (Lipinski definition) is 4. The Morgan fingerprint density at radius 2 is 1.73 bits per heavy atom. The first-order valence-corrected chi connectivity index (χ1v) is 10.8. The highest BCUT2D eigenvalue weighted by Crippen LogP contribution is 2.26. The Morgan fingerprint density at radius 1 is 1.00 bits per heavy atom. The molecule has 0 fully saturated rings. The first-order chi connectivity index (χ1) is 14.5. The molecule has 0 saturated heterocycles. The molecule has 0 amide bonds. The Hall–Kier alpha value is -2.79. The van der Waals surface area contributed by atoms with Gasteiger partial charge in [0, 0.05) is 17.5 Å². The Labute approximate surface area is 177 Å². The van der Waals surface area contributed by atoms with Crippen LogP contribution < -0.4 is 10.9 Å². The molecule has 0 saturated carbocycles. The highest BCUT2D eigenvalue weighted by atomic mass is 16.3. The number of aromatic nitrogens is 1. The van der Waals surface area contributed by atoms with Crippen LogP contribution in [0.2, 0.25) is 0 Å². The molecule has 30 heavy (non-hydrogen) atoms. The number of aryl methyl sites for hydroxylation is 3. The van der Waals surface area contributed by atoms with Gasteiger partial charge in [-0.3, -0.25) is 4.79 Å². The zero-order valence-electron chi connectivity index (χ0n) is 18.3. The number of nitroso groups, excluding NO2 is 1. The predicted octanol–water partition coefficient (Wildman–Crippen LogP) is 5.12. The number of hydrogen-bond donors (Lipinski definition) is 2. The van der Waals surface area contributed by atoms with E-state index in [0.29, 0.717) is 11.6 Å². The van der Waals surface area contributed by atoms with Crippen molar-refractivity contribution in [3.05, 3.63) is 79.5 Å². The van der Waals surface area contributed by atoms with Crippen LogP contribution in [0.5, 0.6) is 0 Å². The molecule has 0 aliphatic carbocycles. The molecular formula is C25H31N3O2. The van der Waals surface area contributed by atoms with E-state index in [2.05, 4.69) is 55.3 Å². The zero-order valence-corrected chi connectivity index (χ0v) is 18.3. The highest BCUT2D eigenvalue weighted by molar-refractivity contribution is 5.91. The van der Waals surface area contributed by atoms with E-state index in [-0.39, 0.29) is 11.2 Å². The fraction of sp³-hybridized carbons (Fsp3) is 0.400. The third kappa shape index (κ3) is 4.85. The van der Waals surface area contributed by atoms with Crippen molar-refractivity contribution in [3.63, 3.8) is 0 Å². The van der Waals surface area contributed by atoms with Gasteiger partial charge in [-0.1, -0.05) is 32.0 Å². The second kappa shape index (κ2) is 9.81. The molecule has 2 N–H and O–H groups in total. The topological polar surface area (TPSA) is 74.3 Å². The van der Waals surface area contributed by atoms with Crippen LogP contribution in [0.15, 0.2) is 46.4 Å². The SMILES string of the molecule is CCc1cc(C)c(CC(C)NCCc2ccc(N=O)c3[nH]c(=O)ccc23)cc1CC. The van der Waals surface area contributed by atoms with Gasteiger partial charge in [0.1, 0.15) is 5.69 Å². The van der Waals surface area contributed by atoms with E-state index in [1.165, 1.54) is 28.3 Å². The van der Waals surface area contributed by atoms with Gasteiger partial charge in [-0.2, -0.15) is 0 Å². The largest absolute Gasteiger partial charge is 0.320 e. The van der Waals surface area contributed by atoms with Gasteiger partial charge >= 0.3 is 0 Å². The number of pyridine rings is 1. The molecule has 3 aromatic rings. The summed E-state index contributed by atoms with van der Waals surface area (Å²) >= 11 is 0. The maximum atomic E-state index is 11.6. The van der Waals surface area contributed by atoms with Crippen LogP contribution in [0.25, 0.3) is 10.9 Å². The summed E-state index contributed by atoms with van der Waals surface area (Å²) in [6.45, 7) is 9.67. The van der Waals surface area contributed by atoms with Crippen molar-refractivity contribution in [1.29, 1.82) is 0 Å². The van der Waals surface area contributed by atoms with Gasteiger partial charge < -0.3 is 10.3 Å². The van der Waals surface area contributed by atoms with Crippen molar-refractivity contribution in [1.82, 2.24) is 10.3 Å². The third-order valence-corrected chi connectivity index (χ3v) is 5.89. The van der Waals surface area contributed by atoms with Gasteiger partial charge in [-0.15, -0.1) is 4.91 Å². The monoisotopic (exact) mass is 405 g/mol. The van der Waals surface area contributed by atoms with Crippen molar-refractivity contribution < 1.29 is 0 Å². The van der Waals surface area contributed by atoms with E-state index in [4.69, 9.17) is 0 Å². The molecule has 2 aromatic carbocycles. The summed E-state index contributed by atoms with van der Waals surface area (Å²) in [6, 6.07) is 11.9. The maximum Gasteiger partial charge on any atom is 0.248 e. The number of fused-ring (bicyclic) bond motifs is 1. The normalized spacial score (nSPS) is 12.3. The number of nitrogens with one attached hydrogen (secondary N) is 2. The summed E-state index contributed by atoms with van der Waals surface area (Å²) in [5, 5.41) is 7.53. The van der Waals surface area contributed by atoms with Gasteiger partial charge in [-0.25, -0.2) is 0 Å². The van der Waals surface area contributed by atoms with Gasteiger partial charge in [0.05, 0.1) is 5.52 Å². The molecule has 3 rings (SSSR count). The van der Waals surface area contributed by atoms with Crippen molar-refractivity contribution in [2.24, 2.45) is 5.18 Å². The van der Waals surface area contributed by atoms with Crippen molar-refractivity contribution >= 4 is 16.6 Å². The summed E-state index contributed by atoms with van der Waals surface area (Å²) < 4.78 is 0. The maximum absolute atomic E-state index is 11.6. The molecule has 1 unspecified atom stereocenters. The Balaban J connectivity index is 1.67. The fourth-order valence-electron chi connectivity index (χ4n) is 4.19. The van der Waals surface area contributed by atoms with Crippen LogP contribution in [0.4, 0.5) is 5.69 Å². The van der Waals surface area contributed by atoms with Crippen LogP contribution in [-0.2, 0) is 25.7 Å². The second-order valence-electron chi connectivity index (χ2n) is 8.01. The van der Waals surface area contributed by atoms with Crippen molar-refractivity contribution in [3.8, 4) is 0 Å². The minimum absolute atomic E-state index is 0.229. The van der Waals surface area contributed by atoms with Crippen LogP contribution in [-0.4, -0.2) is 17.6 Å². The highest BCUT2D eigenvalue weighted by Gasteiger charge is 2.11. The minimum Gasteiger partial charge on any atom is -0.320 e. The summed E-state index contributed by atoms with van der Waals surface area (Å²) in [4.78, 5) is 25.4. The molecule has 5 nitrogen and oxygen atoms in total. The number of benzene rings is 2. The minimum atomic E-state index is -0.229. The first-order valence-electron chi connectivity index (χ1n) is 10.8. The molecule has 0 bridgehead atoms. The van der Waals surface area contributed by atoms with E-state index >= 15 is 0 Å². The van der Waals surface area contributed by atoms with E-state index in [0.717, 1.165) is 43.2 Å². The lowest BCUT2D eigenvalue weighted by molar-refractivity contribution is 0.548. The fourth-order valence-corrected chi connectivity index (χ4v) is 4.19. The number of aromatic amines is 1. The standard InChI is InChI=1S/C25H31N3O2/c1-5-18-13-16(3)21(15-19(18)6-2)14-17(4)26-12-11-20-7-9-23(28-30)25-22(20)8-10-24(29)27-25/h7-10,13,15,17,26H,5-6,11-12,14H2,1-4H3,(H,27,29). The third-order valence-electron chi connectivity index (χ3n) is 5.89. The lowest BCUT2D eigenvalue weighted by Gasteiger charge is -2.18. The van der Waals surface area contributed by atoms with Gasteiger partial charge in [0.15, 0.2) is 0 Å². The molecule has 1 atom stereocenters. The molecule has 5 heteroatoms. The van der Waals surface area contributed by atoms with E-state index in [1.54, 1.807) is 12.1 Å². The summed E-state index contributed by atoms with van der Waals surface area (Å²) in [5.41, 5.74) is 7.33. The van der Waals surface area contributed by atoms with Crippen LogP contribution in [0.3, 0.4) is 0 Å². The predicted molar refractivity (Wildman–Crippen MR) is 125 cm³/mol. The average Bonchev–Trinajstić information content (AvgIpc) is 2.74. The number of rotatable bonds is 9. The Morgan fingerprint density at radius 3 is 2.43 bits per heavy atom. The lowest BCUT2D eigenvalue weighted by atomic mass is 9.93. The molecule has 1 heterocycles. The quantitative estimate of drug-likeness (QED) is 0.485. The van der Waals surface area contributed by atoms with Gasteiger partial charge in [-0.05, 0) is 91.2 Å². The van der Waals surface area contributed by atoms with E-state index in [9.17, 15) is 9.70 Å². The van der Waals surface area contributed by atoms with Crippen molar-refractivity contribution in [2.45, 2.75) is 59.4 Å². The molecule has 1 aromatic heterocycles. The number of H-pyrrole nitrogens is 1. The lowest BCUT2D eigenvalue weighted by Crippen LogP contribution is -2.30. The Bertz CT molecular complexity index is 1100. The van der Waals surface area contributed by atoms with E-state index in [1.807, 2.05) is 6.07 Å². The Kier molecular flexibility index (Phi) is 7.16. The van der Waals surface area contributed by atoms with Gasteiger partial charge in [0.25, 0.3) is 0 Å². The van der Waals surface area contributed by atoms with Crippen molar-refractivity contribution in [2.75, 3.05) is 6.54 Å². The molecular weight excluding hydrogens is 374 g/mol. The van der Waals surface area contributed by atoms with Crippen LogP contribution >= 0.6 is 0 Å². The molecule has 0 spiro atoms. The van der Waals surface area contributed by atoms with Crippen LogP contribution in [0, 0.1) is 11.8 Å². The zero-order chi connectivity index (χ0) is 21.7. The number of nitrogens with zero attached hydrogens (tertiary/aromatic N) is 1. The molecule has 0 aliphatic heterocycles.